The van der Waals surface area contributed by atoms with Crippen LogP contribution in [-0.2, 0) is 16.6 Å². The van der Waals surface area contributed by atoms with Gasteiger partial charge in [-0.3, -0.25) is 9.10 Å². The molecule has 7 heteroatoms. The van der Waals surface area contributed by atoms with Gasteiger partial charge in [0.15, 0.2) is 0 Å². The minimum atomic E-state index is -3.51. The lowest BCUT2D eigenvalue weighted by atomic mass is 10.0. The number of amides is 1. The number of nitrogens with one attached hydrogen (secondary N) is 1. The molecule has 0 fully saturated rings. The number of aryl methyl sites for hydroxylation is 2. The zero-order valence-corrected chi connectivity index (χ0v) is 21.1. The van der Waals surface area contributed by atoms with Gasteiger partial charge in [0.05, 0.1) is 31.6 Å². The van der Waals surface area contributed by atoms with Gasteiger partial charge in [-0.1, -0.05) is 48.9 Å². The van der Waals surface area contributed by atoms with Gasteiger partial charge < -0.3 is 10.1 Å². The number of ether oxygens (including phenoxy) is 1. The molecule has 0 saturated carbocycles. The van der Waals surface area contributed by atoms with E-state index in [0.717, 1.165) is 34.4 Å². The number of hydrogen-bond donors (Lipinski definition) is 1. The lowest BCUT2D eigenvalue weighted by molar-refractivity contribution is 0.0935. The van der Waals surface area contributed by atoms with E-state index in [1.54, 1.807) is 31.4 Å². The molecule has 1 atom stereocenters. The van der Waals surface area contributed by atoms with E-state index < -0.39 is 10.0 Å². The van der Waals surface area contributed by atoms with Crippen LogP contribution in [0.5, 0.6) is 5.75 Å². The number of rotatable bonds is 9. The molecule has 6 nitrogen and oxygen atoms in total. The lowest BCUT2D eigenvalue weighted by Crippen LogP contribution is -2.30. The minimum absolute atomic E-state index is 0.147. The normalized spacial score (nSPS) is 12.1. The van der Waals surface area contributed by atoms with Gasteiger partial charge in [0, 0.05) is 5.56 Å². The third-order valence-electron chi connectivity index (χ3n) is 5.80. The molecular formula is C27H32N2O4S. The van der Waals surface area contributed by atoms with Crippen molar-refractivity contribution in [1.29, 1.82) is 0 Å². The van der Waals surface area contributed by atoms with Crippen LogP contribution in [0.1, 0.15) is 52.0 Å². The molecule has 0 bridgehead atoms. The Bertz CT molecular complexity index is 1240. The largest absolute Gasteiger partial charge is 0.496 e. The zero-order chi connectivity index (χ0) is 24.9. The molecule has 0 aliphatic carbocycles. The number of nitrogens with zero attached hydrogens (tertiary/aromatic N) is 1. The molecule has 0 spiro atoms. The highest BCUT2D eigenvalue weighted by molar-refractivity contribution is 7.92. The van der Waals surface area contributed by atoms with Crippen molar-refractivity contribution in [3.05, 3.63) is 94.5 Å². The quantitative estimate of drug-likeness (QED) is 0.459. The van der Waals surface area contributed by atoms with Crippen molar-refractivity contribution in [2.45, 2.75) is 39.8 Å². The summed E-state index contributed by atoms with van der Waals surface area (Å²) in [4.78, 5) is 12.9. The summed E-state index contributed by atoms with van der Waals surface area (Å²) < 4.78 is 31.6. The van der Waals surface area contributed by atoms with Crippen LogP contribution in [-0.4, -0.2) is 27.7 Å². The van der Waals surface area contributed by atoms with Crippen molar-refractivity contribution in [2.24, 2.45) is 0 Å². The molecular weight excluding hydrogens is 448 g/mol. The van der Waals surface area contributed by atoms with Crippen LogP contribution in [0.15, 0.2) is 66.7 Å². The maximum Gasteiger partial charge on any atom is 0.251 e. The van der Waals surface area contributed by atoms with Crippen LogP contribution < -0.4 is 14.4 Å². The Labute approximate surface area is 202 Å². The van der Waals surface area contributed by atoms with E-state index in [4.69, 9.17) is 4.74 Å². The van der Waals surface area contributed by atoms with E-state index in [2.05, 4.69) is 5.32 Å². The third-order valence-corrected chi connectivity index (χ3v) is 6.94. The summed E-state index contributed by atoms with van der Waals surface area (Å²) in [7, 11) is -1.87. The van der Waals surface area contributed by atoms with Gasteiger partial charge in [-0.2, -0.15) is 0 Å². The topological polar surface area (TPSA) is 75.7 Å². The molecule has 0 radical (unpaired) electrons. The van der Waals surface area contributed by atoms with Crippen molar-refractivity contribution in [1.82, 2.24) is 5.32 Å². The first-order valence-electron chi connectivity index (χ1n) is 11.2. The van der Waals surface area contributed by atoms with Gasteiger partial charge >= 0.3 is 0 Å². The van der Waals surface area contributed by atoms with E-state index in [1.165, 1.54) is 10.6 Å². The number of benzene rings is 3. The van der Waals surface area contributed by atoms with Crippen molar-refractivity contribution in [3.8, 4) is 5.75 Å². The van der Waals surface area contributed by atoms with Gasteiger partial charge in [0.2, 0.25) is 10.0 Å². The van der Waals surface area contributed by atoms with Crippen LogP contribution in [0.4, 0.5) is 5.69 Å². The molecule has 0 heterocycles. The summed E-state index contributed by atoms with van der Waals surface area (Å²) in [6.07, 6.45) is 1.92. The Morgan fingerprint density at radius 2 is 1.65 bits per heavy atom. The van der Waals surface area contributed by atoms with Crippen molar-refractivity contribution < 1.29 is 17.9 Å². The average molecular weight is 481 g/mol. The average Bonchev–Trinajstić information content (AvgIpc) is 2.81. The first-order valence-corrected chi connectivity index (χ1v) is 13.1. The highest BCUT2D eigenvalue weighted by atomic mass is 32.2. The predicted molar refractivity (Wildman–Crippen MR) is 137 cm³/mol. The molecule has 0 saturated heterocycles. The van der Waals surface area contributed by atoms with E-state index in [1.807, 2.05) is 63.2 Å². The number of sulfonamides is 1. The molecule has 0 aliphatic heterocycles. The first-order chi connectivity index (χ1) is 16.1. The van der Waals surface area contributed by atoms with Gasteiger partial charge in [-0.15, -0.1) is 0 Å². The Morgan fingerprint density at radius 3 is 2.18 bits per heavy atom. The predicted octanol–water partition coefficient (Wildman–Crippen LogP) is 5.16. The molecule has 1 N–H and O–H groups in total. The molecule has 3 aromatic rings. The molecule has 1 unspecified atom stereocenters. The molecule has 1 amide bonds. The smallest absolute Gasteiger partial charge is 0.251 e. The Kier molecular flexibility index (Phi) is 7.99. The molecule has 3 aromatic carbocycles. The van der Waals surface area contributed by atoms with E-state index in [0.29, 0.717) is 11.3 Å². The summed E-state index contributed by atoms with van der Waals surface area (Å²) in [5.74, 6) is 0.595. The highest BCUT2D eigenvalue weighted by Crippen LogP contribution is 2.25. The minimum Gasteiger partial charge on any atom is -0.496 e. The number of methoxy groups -OCH3 is 1. The molecule has 0 aromatic heterocycles. The van der Waals surface area contributed by atoms with Crippen molar-refractivity contribution in [3.63, 3.8) is 0 Å². The van der Waals surface area contributed by atoms with Crippen molar-refractivity contribution >= 4 is 21.6 Å². The highest BCUT2D eigenvalue weighted by Gasteiger charge is 2.20. The van der Waals surface area contributed by atoms with Gasteiger partial charge in [-0.05, 0) is 67.3 Å². The van der Waals surface area contributed by atoms with Crippen LogP contribution in [0, 0.1) is 13.8 Å². The summed E-state index contributed by atoms with van der Waals surface area (Å²) in [6, 6.07) is 20.1. The standard InChI is InChI=1S/C27H32N2O4S/c1-6-25(23-13-16-26(33-4)20(3)17-23)28-27(30)22-11-14-24(15-12-22)29(34(5,31)32)18-21-9-7-19(2)8-10-21/h7-17,25H,6,18H2,1-5H3,(H,28,30). The summed E-state index contributed by atoms with van der Waals surface area (Å²) in [6.45, 7) is 6.20. The second-order valence-corrected chi connectivity index (χ2v) is 10.4. The second kappa shape index (κ2) is 10.7. The second-order valence-electron chi connectivity index (χ2n) is 8.47. The number of anilines is 1. The van der Waals surface area contributed by atoms with Crippen LogP contribution in [0.3, 0.4) is 0 Å². The monoisotopic (exact) mass is 480 g/mol. The molecule has 180 valence electrons. The fourth-order valence-electron chi connectivity index (χ4n) is 3.82. The Morgan fingerprint density at radius 1 is 1.00 bits per heavy atom. The Balaban J connectivity index is 1.77. The SMILES string of the molecule is CCC(NC(=O)c1ccc(N(Cc2ccc(C)cc2)S(C)(=O)=O)cc1)c1ccc(OC)c(C)c1. The summed E-state index contributed by atoms with van der Waals surface area (Å²) >= 11 is 0. The number of hydrogen-bond acceptors (Lipinski definition) is 4. The van der Waals surface area contributed by atoms with E-state index >= 15 is 0 Å². The fourth-order valence-corrected chi connectivity index (χ4v) is 4.71. The maximum atomic E-state index is 12.9. The van der Waals surface area contributed by atoms with E-state index in [-0.39, 0.29) is 18.5 Å². The zero-order valence-electron chi connectivity index (χ0n) is 20.3. The summed E-state index contributed by atoms with van der Waals surface area (Å²) in [5, 5.41) is 3.08. The van der Waals surface area contributed by atoms with Gasteiger partial charge in [0.1, 0.15) is 5.75 Å². The van der Waals surface area contributed by atoms with E-state index in [9.17, 15) is 13.2 Å². The number of carbonyl (C=O) groups is 1. The lowest BCUT2D eigenvalue weighted by Gasteiger charge is -2.23. The third kappa shape index (κ3) is 6.17. The molecule has 0 aliphatic rings. The molecule has 34 heavy (non-hydrogen) atoms. The first kappa shape index (κ1) is 25.3. The maximum absolute atomic E-state index is 12.9. The van der Waals surface area contributed by atoms with Crippen LogP contribution in [0.2, 0.25) is 0 Å². The van der Waals surface area contributed by atoms with Crippen molar-refractivity contribution in [2.75, 3.05) is 17.7 Å². The number of carbonyl (C=O) groups excluding carboxylic acids is 1. The Hall–Kier alpha value is -3.32. The summed E-state index contributed by atoms with van der Waals surface area (Å²) in [5.41, 5.74) is 4.99. The van der Waals surface area contributed by atoms with Gasteiger partial charge in [-0.25, -0.2) is 8.42 Å². The van der Waals surface area contributed by atoms with Crippen LogP contribution in [0.25, 0.3) is 0 Å². The fraction of sp³-hybridized carbons (Fsp3) is 0.296. The van der Waals surface area contributed by atoms with Crippen LogP contribution >= 0.6 is 0 Å². The molecule has 3 rings (SSSR count). The van der Waals surface area contributed by atoms with Gasteiger partial charge in [0.25, 0.3) is 5.91 Å².